The third-order valence-corrected chi connectivity index (χ3v) is 4.02. The lowest BCUT2D eigenvalue weighted by atomic mass is 10.2. The lowest BCUT2D eigenvalue weighted by Crippen LogP contribution is -2.23. The van der Waals surface area contributed by atoms with Crippen LogP contribution in [0.2, 0.25) is 0 Å². The summed E-state index contributed by atoms with van der Waals surface area (Å²) in [5.74, 6) is -0.231. The first-order valence-electron chi connectivity index (χ1n) is 8.15. The monoisotopic (exact) mass is 327 g/mol. The van der Waals surface area contributed by atoms with Crippen molar-refractivity contribution in [3.8, 4) is 0 Å². The Bertz CT molecular complexity index is 947. The Hall–Kier alpha value is -2.83. The van der Waals surface area contributed by atoms with Crippen LogP contribution >= 0.6 is 0 Å². The van der Waals surface area contributed by atoms with Crippen molar-refractivity contribution >= 4 is 27.8 Å². The highest BCUT2D eigenvalue weighted by Crippen LogP contribution is 2.21. The van der Waals surface area contributed by atoms with Crippen LogP contribution in [0.3, 0.4) is 0 Å². The first-order valence-corrected chi connectivity index (χ1v) is 8.15. The molecule has 0 saturated heterocycles. The summed E-state index contributed by atoms with van der Waals surface area (Å²) in [4.78, 5) is 31.8. The van der Waals surface area contributed by atoms with Gasteiger partial charge in [0.1, 0.15) is 11.3 Å². The molecule has 0 bridgehead atoms. The molecular formula is C17H21N5O2. The smallest absolute Gasteiger partial charge is 0.275 e. The van der Waals surface area contributed by atoms with Crippen LogP contribution in [-0.2, 0) is 6.54 Å². The summed E-state index contributed by atoms with van der Waals surface area (Å²) in [5, 5.41) is 7.15. The summed E-state index contributed by atoms with van der Waals surface area (Å²) >= 11 is 0. The molecule has 0 atom stereocenters. The predicted octanol–water partition coefficient (Wildman–Crippen LogP) is 2.31. The highest BCUT2D eigenvalue weighted by atomic mass is 16.2. The molecule has 1 amide bonds. The lowest BCUT2D eigenvalue weighted by molar-refractivity contribution is 0.0954. The average Bonchev–Trinajstić information content (AvgIpc) is 3.15. The number of nitrogens with one attached hydrogen (secondary N) is 3. The standard InChI is InChI=1S/C17H21N5O2/c1-3-5-6-8-22-17(24)12-10-19-15-11(14(12)21-22)9-13(20-15)16(23)18-7-4-2/h4,9-10,21H,2-3,5-8H2,1H3,(H,18,23)(H,19,20). The highest BCUT2D eigenvalue weighted by Gasteiger charge is 2.15. The van der Waals surface area contributed by atoms with Crippen LogP contribution in [0.15, 0.2) is 29.7 Å². The molecule has 7 heteroatoms. The number of fused-ring (bicyclic) bond motifs is 3. The summed E-state index contributed by atoms with van der Waals surface area (Å²) in [6.07, 6.45) is 6.29. The quantitative estimate of drug-likeness (QED) is 0.459. The molecule has 126 valence electrons. The molecular weight excluding hydrogens is 306 g/mol. The van der Waals surface area contributed by atoms with Crippen molar-refractivity contribution in [1.29, 1.82) is 0 Å². The summed E-state index contributed by atoms with van der Waals surface area (Å²) < 4.78 is 1.62. The van der Waals surface area contributed by atoms with E-state index in [-0.39, 0.29) is 11.5 Å². The molecule has 24 heavy (non-hydrogen) atoms. The number of carbonyl (C=O) groups excluding carboxylic acids is 1. The molecule has 3 N–H and O–H groups in total. The second-order valence-corrected chi connectivity index (χ2v) is 5.77. The van der Waals surface area contributed by atoms with Crippen LogP contribution in [0.5, 0.6) is 0 Å². The number of unbranched alkanes of at least 4 members (excludes halogenated alkanes) is 2. The van der Waals surface area contributed by atoms with E-state index >= 15 is 0 Å². The van der Waals surface area contributed by atoms with Gasteiger partial charge in [-0.15, -0.1) is 6.58 Å². The zero-order valence-corrected chi connectivity index (χ0v) is 13.7. The number of H-pyrrole nitrogens is 2. The van der Waals surface area contributed by atoms with Crippen molar-refractivity contribution in [1.82, 2.24) is 25.1 Å². The lowest BCUT2D eigenvalue weighted by Gasteiger charge is -1.99. The van der Waals surface area contributed by atoms with E-state index in [0.29, 0.717) is 35.3 Å². The largest absolute Gasteiger partial charge is 0.347 e. The van der Waals surface area contributed by atoms with E-state index in [9.17, 15) is 9.59 Å². The molecule has 0 aliphatic carbocycles. The Morgan fingerprint density at radius 3 is 3.00 bits per heavy atom. The van der Waals surface area contributed by atoms with Crippen molar-refractivity contribution in [2.75, 3.05) is 6.54 Å². The molecule has 0 saturated carbocycles. The van der Waals surface area contributed by atoms with Crippen LogP contribution in [0, 0.1) is 0 Å². The minimum absolute atomic E-state index is 0.0747. The topological polar surface area (TPSA) is 95.6 Å². The van der Waals surface area contributed by atoms with Crippen molar-refractivity contribution in [3.05, 3.63) is 41.0 Å². The van der Waals surface area contributed by atoms with E-state index in [1.165, 1.54) is 0 Å². The number of aryl methyl sites for hydroxylation is 1. The Balaban J connectivity index is 2.01. The van der Waals surface area contributed by atoms with Crippen molar-refractivity contribution < 1.29 is 4.79 Å². The van der Waals surface area contributed by atoms with Gasteiger partial charge in [0.15, 0.2) is 0 Å². The maximum Gasteiger partial charge on any atom is 0.275 e. The second kappa shape index (κ2) is 6.74. The number of aromatic amines is 2. The fourth-order valence-electron chi connectivity index (χ4n) is 2.75. The average molecular weight is 327 g/mol. The van der Waals surface area contributed by atoms with E-state index in [2.05, 4.69) is 33.9 Å². The molecule has 3 rings (SSSR count). The molecule has 0 spiro atoms. The Morgan fingerprint density at radius 2 is 2.25 bits per heavy atom. The number of amides is 1. The van der Waals surface area contributed by atoms with Crippen LogP contribution in [0.25, 0.3) is 21.9 Å². The third kappa shape index (κ3) is 2.84. The van der Waals surface area contributed by atoms with E-state index in [4.69, 9.17) is 0 Å². The number of rotatable bonds is 7. The summed E-state index contributed by atoms with van der Waals surface area (Å²) in [6, 6.07) is 1.72. The number of hydrogen-bond acceptors (Lipinski definition) is 3. The molecule has 0 aliphatic heterocycles. The summed E-state index contributed by atoms with van der Waals surface area (Å²) in [6.45, 7) is 6.74. The van der Waals surface area contributed by atoms with Gasteiger partial charge in [-0.3, -0.25) is 19.4 Å². The molecule has 0 unspecified atom stereocenters. The fourth-order valence-corrected chi connectivity index (χ4v) is 2.75. The summed E-state index contributed by atoms with van der Waals surface area (Å²) in [7, 11) is 0. The van der Waals surface area contributed by atoms with Gasteiger partial charge < -0.3 is 10.3 Å². The molecule has 0 aliphatic rings. The van der Waals surface area contributed by atoms with Gasteiger partial charge in [0.05, 0.1) is 10.9 Å². The summed E-state index contributed by atoms with van der Waals surface area (Å²) in [5.41, 5.74) is 1.62. The van der Waals surface area contributed by atoms with Gasteiger partial charge in [0.25, 0.3) is 11.5 Å². The normalized spacial score (nSPS) is 11.2. The first kappa shape index (κ1) is 16.0. The Labute approximate surface area is 138 Å². The van der Waals surface area contributed by atoms with Gasteiger partial charge in [-0.25, -0.2) is 4.98 Å². The van der Waals surface area contributed by atoms with Gasteiger partial charge in [-0.1, -0.05) is 25.8 Å². The maximum absolute atomic E-state index is 12.4. The van der Waals surface area contributed by atoms with Crippen molar-refractivity contribution in [2.24, 2.45) is 0 Å². The van der Waals surface area contributed by atoms with Crippen molar-refractivity contribution in [2.45, 2.75) is 32.7 Å². The van der Waals surface area contributed by atoms with Gasteiger partial charge in [0, 0.05) is 24.7 Å². The van der Waals surface area contributed by atoms with E-state index in [0.717, 1.165) is 24.6 Å². The van der Waals surface area contributed by atoms with Gasteiger partial charge in [-0.05, 0) is 12.5 Å². The van der Waals surface area contributed by atoms with Crippen LogP contribution < -0.4 is 10.9 Å². The van der Waals surface area contributed by atoms with E-state index < -0.39 is 0 Å². The minimum atomic E-state index is -0.231. The molecule has 3 aromatic heterocycles. The van der Waals surface area contributed by atoms with Crippen molar-refractivity contribution in [3.63, 3.8) is 0 Å². The highest BCUT2D eigenvalue weighted by molar-refractivity contribution is 6.06. The molecule has 3 heterocycles. The Kier molecular flexibility index (Phi) is 4.50. The first-order chi connectivity index (χ1) is 11.7. The van der Waals surface area contributed by atoms with Crippen LogP contribution in [-0.4, -0.2) is 32.2 Å². The van der Waals surface area contributed by atoms with Crippen LogP contribution in [0.4, 0.5) is 0 Å². The molecule has 3 aromatic rings. The van der Waals surface area contributed by atoms with Gasteiger partial charge in [-0.2, -0.15) is 0 Å². The Morgan fingerprint density at radius 1 is 1.42 bits per heavy atom. The number of nitrogens with zero attached hydrogens (tertiary/aromatic N) is 2. The fraction of sp³-hybridized carbons (Fsp3) is 0.353. The van der Waals surface area contributed by atoms with Gasteiger partial charge in [0.2, 0.25) is 0 Å². The number of pyridine rings is 1. The number of aromatic nitrogens is 4. The van der Waals surface area contributed by atoms with Gasteiger partial charge >= 0.3 is 0 Å². The predicted molar refractivity (Wildman–Crippen MR) is 94.3 cm³/mol. The second-order valence-electron chi connectivity index (χ2n) is 5.77. The molecule has 0 aromatic carbocycles. The SMILES string of the molecule is C=CCNC(=O)c1cc2c(ncc3c(=O)n(CCCCC)[nH]c32)[nH]1. The zero-order chi connectivity index (χ0) is 17.1. The van der Waals surface area contributed by atoms with E-state index in [1.54, 1.807) is 23.0 Å². The van der Waals surface area contributed by atoms with Crippen LogP contribution in [0.1, 0.15) is 36.7 Å². The number of carbonyl (C=O) groups is 1. The maximum atomic E-state index is 12.4. The third-order valence-electron chi connectivity index (χ3n) is 4.02. The minimum Gasteiger partial charge on any atom is -0.347 e. The molecule has 0 radical (unpaired) electrons. The van der Waals surface area contributed by atoms with E-state index in [1.807, 2.05) is 0 Å². The number of hydrogen-bond donors (Lipinski definition) is 3. The molecule has 0 fully saturated rings. The zero-order valence-electron chi connectivity index (χ0n) is 13.7. The molecule has 7 nitrogen and oxygen atoms in total.